The molecule has 3 aromatic rings. The van der Waals surface area contributed by atoms with Gasteiger partial charge in [-0.2, -0.15) is 0 Å². The highest BCUT2D eigenvalue weighted by Gasteiger charge is 2.11. The number of ether oxygens (including phenoxy) is 2. The first-order chi connectivity index (χ1) is 11.9. The predicted molar refractivity (Wildman–Crippen MR) is 106 cm³/mol. The van der Waals surface area contributed by atoms with Crippen LogP contribution in [0.4, 0.5) is 0 Å². The van der Waals surface area contributed by atoms with E-state index in [0.717, 1.165) is 30.8 Å². The third-order valence-electron chi connectivity index (χ3n) is 3.78. The Hall–Kier alpha value is -1.85. The smallest absolute Gasteiger partial charge is 0.349 e. The molecular weight excluding hydrogens is 448 g/mol. The van der Waals surface area contributed by atoms with Crippen LogP contribution in [0.1, 0.15) is 11.1 Å². The van der Waals surface area contributed by atoms with Crippen LogP contribution in [0, 0.1) is 13.8 Å². The lowest BCUT2D eigenvalue weighted by molar-refractivity contribution is -0.136. The fraction of sp³-hybridized carbons (Fsp3) is 0.150. The van der Waals surface area contributed by atoms with Crippen LogP contribution in [-0.2, 0) is 4.79 Å². The Morgan fingerprint density at radius 2 is 1.72 bits per heavy atom. The fourth-order valence-electron chi connectivity index (χ4n) is 2.56. The van der Waals surface area contributed by atoms with Crippen LogP contribution >= 0.6 is 31.9 Å². The zero-order chi connectivity index (χ0) is 18.0. The second-order valence-corrected chi connectivity index (χ2v) is 7.48. The largest absolute Gasteiger partial charge is 0.481 e. The topological polar surface area (TPSA) is 35.5 Å². The van der Waals surface area contributed by atoms with Gasteiger partial charge in [0, 0.05) is 4.47 Å². The summed E-state index contributed by atoms with van der Waals surface area (Å²) in [5, 5.41) is 2.09. The summed E-state index contributed by atoms with van der Waals surface area (Å²) < 4.78 is 12.8. The average molecular weight is 464 g/mol. The Morgan fingerprint density at radius 1 is 0.960 bits per heavy atom. The maximum Gasteiger partial charge on any atom is 0.349 e. The summed E-state index contributed by atoms with van der Waals surface area (Å²) in [6.45, 7) is 3.75. The minimum Gasteiger partial charge on any atom is -0.481 e. The molecule has 0 unspecified atom stereocenters. The van der Waals surface area contributed by atoms with Crippen molar-refractivity contribution in [3.8, 4) is 11.5 Å². The summed E-state index contributed by atoms with van der Waals surface area (Å²) in [5.41, 5.74) is 2.05. The minimum absolute atomic E-state index is 0.159. The highest BCUT2D eigenvalue weighted by atomic mass is 79.9. The Balaban J connectivity index is 1.70. The van der Waals surface area contributed by atoms with E-state index in [2.05, 4.69) is 31.9 Å². The number of carbonyl (C=O) groups excluding carboxylic acids is 1. The van der Waals surface area contributed by atoms with Crippen LogP contribution in [0.3, 0.4) is 0 Å². The molecule has 25 heavy (non-hydrogen) atoms. The van der Waals surface area contributed by atoms with E-state index in [9.17, 15) is 4.79 Å². The van der Waals surface area contributed by atoms with E-state index in [-0.39, 0.29) is 6.61 Å². The number of rotatable bonds is 4. The Kier molecular flexibility index (Phi) is 5.45. The lowest BCUT2D eigenvalue weighted by Gasteiger charge is -2.11. The van der Waals surface area contributed by atoms with Crippen molar-refractivity contribution < 1.29 is 14.3 Å². The SMILES string of the molecule is Cc1ccc(OC(=O)COc2ccc3cc(Br)ccc3c2Br)c(C)c1. The molecule has 0 radical (unpaired) electrons. The molecule has 0 heterocycles. The molecule has 5 heteroatoms. The molecule has 0 aliphatic rings. The molecule has 0 fully saturated rings. The van der Waals surface area contributed by atoms with E-state index in [0.29, 0.717) is 11.5 Å². The minimum atomic E-state index is -0.435. The van der Waals surface area contributed by atoms with Crippen LogP contribution in [0.2, 0.25) is 0 Å². The molecule has 0 aliphatic carbocycles. The number of benzene rings is 3. The van der Waals surface area contributed by atoms with Gasteiger partial charge in [0.25, 0.3) is 0 Å². The first-order valence-electron chi connectivity index (χ1n) is 7.72. The van der Waals surface area contributed by atoms with Gasteiger partial charge in [0.2, 0.25) is 0 Å². The van der Waals surface area contributed by atoms with Crippen molar-refractivity contribution in [2.75, 3.05) is 6.61 Å². The highest BCUT2D eigenvalue weighted by molar-refractivity contribution is 9.11. The van der Waals surface area contributed by atoms with Gasteiger partial charge in [-0.3, -0.25) is 0 Å². The molecular formula is C20H16Br2O3. The number of halogens is 2. The predicted octanol–water partition coefficient (Wildman–Crippen LogP) is 5.97. The maximum absolute atomic E-state index is 12.1. The molecule has 3 nitrogen and oxygen atoms in total. The van der Waals surface area contributed by atoms with E-state index < -0.39 is 5.97 Å². The molecule has 0 amide bonds. The summed E-state index contributed by atoms with van der Waals surface area (Å²) in [4.78, 5) is 12.1. The molecule has 0 saturated heterocycles. The normalized spacial score (nSPS) is 10.7. The number of hydrogen-bond acceptors (Lipinski definition) is 3. The third-order valence-corrected chi connectivity index (χ3v) is 5.09. The number of fused-ring (bicyclic) bond motifs is 1. The van der Waals surface area contributed by atoms with Crippen LogP contribution in [-0.4, -0.2) is 12.6 Å². The number of hydrogen-bond donors (Lipinski definition) is 0. The summed E-state index contributed by atoms with van der Waals surface area (Å²) in [6.07, 6.45) is 0. The molecule has 128 valence electrons. The fourth-order valence-corrected chi connectivity index (χ4v) is 3.54. The van der Waals surface area contributed by atoms with Gasteiger partial charge >= 0.3 is 5.97 Å². The zero-order valence-corrected chi connectivity index (χ0v) is 17.0. The highest BCUT2D eigenvalue weighted by Crippen LogP contribution is 2.34. The van der Waals surface area contributed by atoms with E-state index in [1.54, 1.807) is 6.07 Å². The van der Waals surface area contributed by atoms with Crippen LogP contribution < -0.4 is 9.47 Å². The second-order valence-electron chi connectivity index (χ2n) is 5.77. The summed E-state index contributed by atoms with van der Waals surface area (Å²) >= 11 is 7.01. The lowest BCUT2D eigenvalue weighted by Crippen LogP contribution is -2.18. The molecule has 3 rings (SSSR count). The number of esters is 1. The van der Waals surface area contributed by atoms with Crippen LogP contribution in [0.25, 0.3) is 10.8 Å². The molecule has 0 saturated carbocycles. The summed E-state index contributed by atoms with van der Waals surface area (Å²) in [5.74, 6) is 0.726. The van der Waals surface area contributed by atoms with Gasteiger partial charge < -0.3 is 9.47 Å². The van der Waals surface area contributed by atoms with Crippen molar-refractivity contribution >= 4 is 48.6 Å². The molecule has 0 bridgehead atoms. The monoisotopic (exact) mass is 462 g/mol. The van der Waals surface area contributed by atoms with Crippen molar-refractivity contribution in [2.24, 2.45) is 0 Å². The molecule has 0 atom stereocenters. The Labute approximate surface area is 163 Å². The average Bonchev–Trinajstić information content (AvgIpc) is 2.57. The van der Waals surface area contributed by atoms with Crippen molar-refractivity contribution in [3.05, 3.63) is 68.6 Å². The second kappa shape index (κ2) is 7.58. The maximum atomic E-state index is 12.1. The van der Waals surface area contributed by atoms with Crippen molar-refractivity contribution in [1.29, 1.82) is 0 Å². The van der Waals surface area contributed by atoms with Gasteiger partial charge in [-0.05, 0) is 70.4 Å². The van der Waals surface area contributed by atoms with Crippen LogP contribution in [0.15, 0.2) is 57.5 Å². The van der Waals surface area contributed by atoms with E-state index in [4.69, 9.17) is 9.47 Å². The molecule has 0 aliphatic heterocycles. The van der Waals surface area contributed by atoms with E-state index in [1.807, 2.05) is 56.3 Å². The molecule has 0 aromatic heterocycles. The van der Waals surface area contributed by atoms with Gasteiger partial charge in [0.15, 0.2) is 6.61 Å². The number of carbonyl (C=O) groups is 1. The van der Waals surface area contributed by atoms with Crippen molar-refractivity contribution in [3.63, 3.8) is 0 Å². The van der Waals surface area contributed by atoms with E-state index in [1.165, 1.54) is 0 Å². The van der Waals surface area contributed by atoms with E-state index >= 15 is 0 Å². The lowest BCUT2D eigenvalue weighted by atomic mass is 10.1. The van der Waals surface area contributed by atoms with Gasteiger partial charge in [-0.25, -0.2) is 4.79 Å². The standard InChI is InChI=1S/C20H16Br2O3/c1-12-3-7-17(13(2)9-12)25-19(23)11-24-18-8-4-14-10-15(21)5-6-16(14)20(18)22/h3-10H,11H2,1-2H3. The van der Waals surface area contributed by atoms with Crippen molar-refractivity contribution in [1.82, 2.24) is 0 Å². The van der Waals surface area contributed by atoms with Crippen LogP contribution in [0.5, 0.6) is 11.5 Å². The quantitative estimate of drug-likeness (QED) is 0.353. The summed E-state index contributed by atoms with van der Waals surface area (Å²) in [6, 6.07) is 15.5. The van der Waals surface area contributed by atoms with Gasteiger partial charge in [0.1, 0.15) is 11.5 Å². The van der Waals surface area contributed by atoms with Gasteiger partial charge in [-0.1, -0.05) is 45.8 Å². The first kappa shape index (κ1) is 18.0. The molecule has 3 aromatic carbocycles. The molecule has 0 N–H and O–H groups in total. The third kappa shape index (κ3) is 4.22. The Bertz CT molecular complexity index is 951. The molecule has 0 spiro atoms. The van der Waals surface area contributed by atoms with Gasteiger partial charge in [0.05, 0.1) is 4.47 Å². The van der Waals surface area contributed by atoms with Gasteiger partial charge in [-0.15, -0.1) is 0 Å². The first-order valence-corrected chi connectivity index (χ1v) is 9.31. The zero-order valence-electron chi connectivity index (χ0n) is 13.8. The number of aryl methyl sites for hydroxylation is 2. The van der Waals surface area contributed by atoms with Crippen molar-refractivity contribution in [2.45, 2.75) is 13.8 Å². The Morgan fingerprint density at radius 3 is 2.48 bits per heavy atom. The summed E-state index contributed by atoms with van der Waals surface area (Å²) in [7, 11) is 0.